The molecular formula is C16H13F3N4OS. The van der Waals surface area contributed by atoms with Crippen molar-refractivity contribution in [1.82, 2.24) is 8.75 Å². The maximum atomic E-state index is 12.9. The van der Waals surface area contributed by atoms with Crippen molar-refractivity contribution in [3.8, 4) is 0 Å². The summed E-state index contributed by atoms with van der Waals surface area (Å²) in [5, 5.41) is 5.38. The molecule has 0 bridgehead atoms. The van der Waals surface area contributed by atoms with Gasteiger partial charge < -0.3 is 10.6 Å². The summed E-state index contributed by atoms with van der Waals surface area (Å²) in [5.74, 6) is -0.394. The van der Waals surface area contributed by atoms with Gasteiger partial charge in [0.1, 0.15) is 11.0 Å². The topological polar surface area (TPSA) is 66.9 Å². The van der Waals surface area contributed by atoms with Crippen LogP contribution in [0.25, 0.3) is 11.0 Å². The van der Waals surface area contributed by atoms with Crippen LogP contribution in [0.15, 0.2) is 36.4 Å². The Morgan fingerprint density at radius 2 is 2.00 bits per heavy atom. The molecule has 0 aliphatic rings. The summed E-state index contributed by atoms with van der Waals surface area (Å²) >= 11 is 1.04. The fourth-order valence-electron chi connectivity index (χ4n) is 2.32. The Morgan fingerprint density at radius 3 is 2.76 bits per heavy atom. The summed E-state index contributed by atoms with van der Waals surface area (Å²) < 4.78 is 46.9. The molecule has 0 aliphatic carbocycles. The highest BCUT2D eigenvalue weighted by molar-refractivity contribution is 7.00. The van der Waals surface area contributed by atoms with Crippen molar-refractivity contribution in [2.45, 2.75) is 13.1 Å². The lowest BCUT2D eigenvalue weighted by Crippen LogP contribution is -2.22. The Morgan fingerprint density at radius 1 is 1.20 bits per heavy atom. The zero-order valence-corrected chi connectivity index (χ0v) is 13.8. The molecule has 1 heterocycles. The van der Waals surface area contributed by atoms with E-state index in [0.29, 0.717) is 16.7 Å². The number of anilines is 2. The monoisotopic (exact) mass is 366 g/mol. The van der Waals surface area contributed by atoms with Gasteiger partial charge in [-0.3, -0.25) is 4.79 Å². The number of benzene rings is 2. The van der Waals surface area contributed by atoms with Crippen LogP contribution < -0.4 is 10.6 Å². The summed E-state index contributed by atoms with van der Waals surface area (Å²) in [7, 11) is 0. The van der Waals surface area contributed by atoms with Gasteiger partial charge in [-0.2, -0.15) is 21.9 Å². The highest BCUT2D eigenvalue weighted by atomic mass is 32.1. The molecule has 9 heteroatoms. The standard InChI is InChI=1S/C16H13F3N4OS/c1-9-5-6-10(7-11(9)16(17,18)19)20-8-14(24)21-12-3-2-4-13-15(12)23-25-22-13/h2-7,20H,8H2,1H3,(H,21,24). The van der Waals surface area contributed by atoms with Gasteiger partial charge in [-0.1, -0.05) is 12.1 Å². The molecule has 1 amide bonds. The molecule has 0 unspecified atom stereocenters. The number of hydrogen-bond acceptors (Lipinski definition) is 5. The molecule has 0 atom stereocenters. The Hall–Kier alpha value is -2.68. The average molecular weight is 366 g/mol. The van der Waals surface area contributed by atoms with Crippen molar-refractivity contribution in [2.24, 2.45) is 0 Å². The summed E-state index contributed by atoms with van der Waals surface area (Å²) in [6.07, 6.45) is -4.43. The third kappa shape index (κ3) is 3.87. The Kier molecular flexibility index (Phi) is 4.58. The number of rotatable bonds is 4. The van der Waals surface area contributed by atoms with Crippen LogP contribution in [0, 0.1) is 6.92 Å². The summed E-state index contributed by atoms with van der Waals surface area (Å²) in [6, 6.07) is 9.07. The Labute approximate surface area is 145 Å². The molecular weight excluding hydrogens is 353 g/mol. The SMILES string of the molecule is Cc1ccc(NCC(=O)Nc2cccc3nsnc23)cc1C(F)(F)F. The van der Waals surface area contributed by atoms with Gasteiger partial charge in [0.2, 0.25) is 5.91 Å². The number of carbonyl (C=O) groups is 1. The summed E-state index contributed by atoms with van der Waals surface area (Å²) in [5.41, 5.74) is 1.39. The minimum absolute atomic E-state index is 0.130. The van der Waals surface area contributed by atoms with Crippen molar-refractivity contribution in [3.63, 3.8) is 0 Å². The maximum Gasteiger partial charge on any atom is 0.416 e. The van der Waals surface area contributed by atoms with Gasteiger partial charge >= 0.3 is 6.18 Å². The van der Waals surface area contributed by atoms with Gasteiger partial charge in [-0.05, 0) is 36.8 Å². The zero-order chi connectivity index (χ0) is 18.0. The first-order valence-electron chi connectivity index (χ1n) is 7.27. The lowest BCUT2D eigenvalue weighted by atomic mass is 10.1. The van der Waals surface area contributed by atoms with Crippen LogP contribution in [-0.2, 0) is 11.0 Å². The van der Waals surface area contributed by atoms with Crippen molar-refractivity contribution in [3.05, 3.63) is 47.5 Å². The second-order valence-corrected chi connectivity index (χ2v) is 5.90. The van der Waals surface area contributed by atoms with E-state index in [1.165, 1.54) is 19.1 Å². The molecule has 0 radical (unpaired) electrons. The average Bonchev–Trinajstić information content (AvgIpc) is 3.03. The lowest BCUT2D eigenvalue weighted by molar-refractivity contribution is -0.138. The van der Waals surface area contributed by atoms with Crippen molar-refractivity contribution in [1.29, 1.82) is 0 Å². The highest BCUT2D eigenvalue weighted by Gasteiger charge is 2.32. The molecule has 3 aromatic rings. The molecule has 0 fully saturated rings. The molecule has 130 valence electrons. The van der Waals surface area contributed by atoms with Crippen LogP contribution in [0.2, 0.25) is 0 Å². The number of fused-ring (bicyclic) bond motifs is 1. The third-order valence-electron chi connectivity index (χ3n) is 3.56. The molecule has 5 nitrogen and oxygen atoms in total. The van der Waals surface area contributed by atoms with E-state index in [-0.39, 0.29) is 17.8 Å². The number of halogens is 3. The van der Waals surface area contributed by atoms with Gasteiger partial charge in [-0.15, -0.1) is 0 Å². The first-order chi connectivity index (χ1) is 11.8. The van der Waals surface area contributed by atoms with Crippen LogP contribution in [0.5, 0.6) is 0 Å². The predicted molar refractivity (Wildman–Crippen MR) is 90.7 cm³/mol. The minimum atomic E-state index is -4.43. The lowest BCUT2D eigenvalue weighted by Gasteiger charge is -2.13. The molecule has 3 rings (SSSR count). The number of aromatic nitrogens is 2. The van der Waals surface area contributed by atoms with Crippen molar-refractivity contribution >= 4 is 40.0 Å². The van der Waals surface area contributed by atoms with Gasteiger partial charge in [0, 0.05) is 5.69 Å². The van der Waals surface area contributed by atoms with Crippen LogP contribution in [0.4, 0.5) is 24.5 Å². The number of nitrogens with one attached hydrogen (secondary N) is 2. The number of nitrogens with zero attached hydrogens (tertiary/aromatic N) is 2. The Balaban J connectivity index is 1.68. The van der Waals surface area contributed by atoms with Gasteiger partial charge in [0.25, 0.3) is 0 Å². The van der Waals surface area contributed by atoms with E-state index in [0.717, 1.165) is 17.8 Å². The van der Waals surface area contributed by atoms with E-state index >= 15 is 0 Å². The van der Waals surface area contributed by atoms with Crippen molar-refractivity contribution in [2.75, 3.05) is 17.2 Å². The second kappa shape index (κ2) is 6.67. The van der Waals surface area contributed by atoms with E-state index in [2.05, 4.69) is 19.4 Å². The smallest absolute Gasteiger partial charge is 0.376 e. The second-order valence-electron chi connectivity index (χ2n) is 5.37. The number of hydrogen-bond donors (Lipinski definition) is 2. The van der Waals surface area contributed by atoms with Crippen LogP contribution >= 0.6 is 11.7 Å². The van der Waals surface area contributed by atoms with Gasteiger partial charge in [0.05, 0.1) is 29.5 Å². The van der Waals surface area contributed by atoms with Crippen LogP contribution in [0.1, 0.15) is 11.1 Å². The number of carbonyl (C=O) groups excluding carboxylic acids is 1. The predicted octanol–water partition coefficient (Wildman–Crippen LogP) is 4.07. The third-order valence-corrected chi connectivity index (χ3v) is 4.10. The largest absolute Gasteiger partial charge is 0.416 e. The van der Waals surface area contributed by atoms with E-state index in [9.17, 15) is 18.0 Å². The molecule has 2 N–H and O–H groups in total. The van der Waals surface area contributed by atoms with Gasteiger partial charge in [-0.25, -0.2) is 0 Å². The van der Waals surface area contributed by atoms with Crippen LogP contribution in [0.3, 0.4) is 0 Å². The normalized spacial score (nSPS) is 11.5. The number of alkyl halides is 3. The quantitative estimate of drug-likeness (QED) is 0.730. The van der Waals surface area contributed by atoms with Crippen LogP contribution in [-0.4, -0.2) is 21.2 Å². The molecule has 0 saturated carbocycles. The first-order valence-corrected chi connectivity index (χ1v) is 8.00. The van der Waals surface area contributed by atoms with Gasteiger partial charge in [0.15, 0.2) is 0 Å². The van der Waals surface area contributed by atoms with E-state index in [1.54, 1.807) is 18.2 Å². The zero-order valence-electron chi connectivity index (χ0n) is 13.0. The molecule has 25 heavy (non-hydrogen) atoms. The van der Waals surface area contributed by atoms with E-state index in [1.807, 2.05) is 0 Å². The first kappa shape index (κ1) is 17.2. The fraction of sp³-hybridized carbons (Fsp3) is 0.188. The van der Waals surface area contributed by atoms with E-state index in [4.69, 9.17) is 0 Å². The minimum Gasteiger partial charge on any atom is -0.376 e. The maximum absolute atomic E-state index is 12.9. The molecule has 1 aromatic heterocycles. The Bertz CT molecular complexity index is 923. The molecule has 2 aromatic carbocycles. The number of aryl methyl sites for hydroxylation is 1. The molecule has 0 saturated heterocycles. The molecule has 0 aliphatic heterocycles. The number of amides is 1. The molecule has 0 spiro atoms. The highest BCUT2D eigenvalue weighted by Crippen LogP contribution is 2.33. The fourth-order valence-corrected chi connectivity index (χ4v) is 2.87. The summed E-state index contributed by atoms with van der Waals surface area (Å²) in [4.78, 5) is 12.1. The van der Waals surface area contributed by atoms with E-state index < -0.39 is 17.6 Å². The summed E-state index contributed by atoms with van der Waals surface area (Å²) in [6.45, 7) is 1.22. The van der Waals surface area contributed by atoms with Crippen molar-refractivity contribution < 1.29 is 18.0 Å².